The summed E-state index contributed by atoms with van der Waals surface area (Å²) in [5, 5.41) is 6.92. The number of hydrogen-bond donors (Lipinski definition) is 0. The molecule has 0 aliphatic rings. The van der Waals surface area contributed by atoms with Gasteiger partial charge in [0.2, 0.25) is 0 Å². The van der Waals surface area contributed by atoms with E-state index in [2.05, 4.69) is 144 Å². The Morgan fingerprint density at radius 1 is 0.386 bits per heavy atom. The zero-order valence-electron chi connectivity index (χ0n) is 30.4. The predicted molar refractivity (Wildman–Crippen MR) is 236 cm³/mol. The van der Waals surface area contributed by atoms with E-state index in [1.807, 2.05) is 42.5 Å². The number of thiophene rings is 1. The van der Waals surface area contributed by atoms with Crippen molar-refractivity contribution in [2.45, 2.75) is 0 Å². The maximum absolute atomic E-state index is 6.64. The highest BCUT2D eigenvalue weighted by molar-refractivity contribution is 7.25. The Hall–Kier alpha value is -7.41. The Bertz CT molecular complexity index is 3470. The fraction of sp³-hybridized carbons (Fsp3) is 0. The molecule has 57 heavy (non-hydrogen) atoms. The van der Waals surface area contributed by atoms with Crippen LogP contribution in [0.15, 0.2) is 186 Å². The zero-order chi connectivity index (χ0) is 37.5. The number of para-hydroxylation sites is 2. The molecule has 4 aromatic heterocycles. The molecule has 0 fully saturated rings. The number of benzene rings is 8. The first-order valence-electron chi connectivity index (χ1n) is 19.0. The van der Waals surface area contributed by atoms with Crippen LogP contribution in [0.5, 0.6) is 0 Å². The van der Waals surface area contributed by atoms with Gasteiger partial charge in [0, 0.05) is 70.2 Å². The molecule has 0 saturated carbocycles. The number of rotatable bonds is 5. The molecule has 0 aliphatic heterocycles. The minimum atomic E-state index is 0.600. The number of hydrogen-bond acceptors (Lipinski definition) is 5. The maximum Gasteiger partial charge on any atom is 0.164 e. The molecule has 0 saturated heterocycles. The first-order chi connectivity index (χ1) is 28.2. The molecule has 0 N–H and O–H groups in total. The monoisotopic (exact) mass is 746 g/mol. The van der Waals surface area contributed by atoms with Crippen LogP contribution < -0.4 is 0 Å². The Labute approximate surface area is 330 Å². The third kappa shape index (κ3) is 5.12. The minimum absolute atomic E-state index is 0.600. The molecule has 0 bridgehead atoms. The number of fused-ring (bicyclic) bond motifs is 9. The van der Waals surface area contributed by atoms with Gasteiger partial charge in [0.25, 0.3) is 0 Å². The topological polar surface area (TPSA) is 56.7 Å². The third-order valence-electron chi connectivity index (χ3n) is 11.1. The molecule has 0 aliphatic carbocycles. The van der Waals surface area contributed by atoms with Gasteiger partial charge in [-0.3, -0.25) is 0 Å². The smallest absolute Gasteiger partial charge is 0.164 e. The largest absolute Gasteiger partial charge is 0.456 e. The summed E-state index contributed by atoms with van der Waals surface area (Å²) in [5.74, 6) is 1.85. The van der Waals surface area contributed by atoms with Gasteiger partial charge in [0.05, 0.1) is 11.0 Å². The Morgan fingerprint density at radius 2 is 1.04 bits per heavy atom. The van der Waals surface area contributed by atoms with E-state index in [-0.39, 0.29) is 0 Å². The molecular weight excluding hydrogens is 717 g/mol. The highest BCUT2D eigenvalue weighted by Gasteiger charge is 2.20. The van der Waals surface area contributed by atoms with Gasteiger partial charge in [-0.25, -0.2) is 15.0 Å². The molecule has 0 amide bonds. The van der Waals surface area contributed by atoms with E-state index in [9.17, 15) is 0 Å². The van der Waals surface area contributed by atoms with Crippen LogP contribution in [0, 0.1) is 0 Å². The summed E-state index contributed by atoms with van der Waals surface area (Å²) in [6.07, 6.45) is 0. The summed E-state index contributed by atoms with van der Waals surface area (Å²) in [6.45, 7) is 0. The van der Waals surface area contributed by atoms with Crippen molar-refractivity contribution in [3.63, 3.8) is 0 Å². The molecule has 8 aromatic carbocycles. The molecule has 0 unspecified atom stereocenters. The van der Waals surface area contributed by atoms with E-state index in [4.69, 9.17) is 19.4 Å². The van der Waals surface area contributed by atoms with Crippen LogP contribution in [-0.2, 0) is 0 Å². The van der Waals surface area contributed by atoms with Crippen molar-refractivity contribution in [2.24, 2.45) is 0 Å². The lowest BCUT2D eigenvalue weighted by atomic mass is 10.0. The standard InChI is InChI=1S/C51H30N4OS/c1-3-12-31(13-4-1)33-23-27-46-41(28-33)38-25-22-34(29-47(38)57-46)50-52-49(32-14-5-2-6-15-32)53-51(54-50)40-18-11-21-44-48(40)39-26-24-35(30-45(39)56-44)55-42-19-9-7-16-36(42)37-17-8-10-20-43(37)55/h1-30H. The molecular formula is C51H30N4OS. The second-order valence-electron chi connectivity index (χ2n) is 14.4. The van der Waals surface area contributed by atoms with Gasteiger partial charge in [-0.1, -0.05) is 127 Å². The van der Waals surface area contributed by atoms with E-state index in [1.165, 1.54) is 42.1 Å². The molecule has 0 atom stereocenters. The second kappa shape index (κ2) is 12.6. The minimum Gasteiger partial charge on any atom is -0.456 e. The summed E-state index contributed by atoms with van der Waals surface area (Å²) < 4.78 is 11.4. The first-order valence-corrected chi connectivity index (χ1v) is 19.8. The highest BCUT2D eigenvalue weighted by atomic mass is 32.1. The summed E-state index contributed by atoms with van der Waals surface area (Å²) >= 11 is 1.80. The number of aromatic nitrogens is 4. The quantitative estimate of drug-likeness (QED) is 0.176. The van der Waals surface area contributed by atoms with Crippen LogP contribution in [0.3, 0.4) is 0 Å². The van der Waals surface area contributed by atoms with E-state index in [0.29, 0.717) is 17.5 Å². The Morgan fingerprint density at radius 3 is 1.81 bits per heavy atom. The van der Waals surface area contributed by atoms with E-state index in [0.717, 1.165) is 55.3 Å². The maximum atomic E-state index is 6.64. The SMILES string of the molecule is c1ccc(-c2ccc3sc4cc(-c5nc(-c6ccccc6)nc(-c6cccc7oc8cc(-n9c%10ccccc%10c%10ccccc%109)ccc8c67)n5)ccc4c3c2)cc1. The molecule has 4 heterocycles. The average Bonchev–Trinajstić information content (AvgIpc) is 3.95. The molecule has 6 heteroatoms. The average molecular weight is 747 g/mol. The van der Waals surface area contributed by atoms with Crippen LogP contribution in [-0.4, -0.2) is 19.5 Å². The van der Waals surface area contributed by atoms with Crippen molar-refractivity contribution < 1.29 is 4.42 Å². The van der Waals surface area contributed by atoms with Gasteiger partial charge in [-0.2, -0.15) is 0 Å². The van der Waals surface area contributed by atoms with Crippen LogP contribution >= 0.6 is 11.3 Å². The van der Waals surface area contributed by atoms with Crippen molar-refractivity contribution in [3.8, 4) is 51.0 Å². The van der Waals surface area contributed by atoms with Gasteiger partial charge < -0.3 is 8.98 Å². The lowest BCUT2D eigenvalue weighted by Gasteiger charge is -2.10. The number of nitrogens with zero attached hydrogens (tertiary/aromatic N) is 4. The van der Waals surface area contributed by atoms with Crippen LogP contribution in [0.25, 0.3) is 115 Å². The normalized spacial score (nSPS) is 11.9. The summed E-state index contributed by atoms with van der Waals surface area (Å²) in [4.78, 5) is 15.4. The predicted octanol–water partition coefficient (Wildman–Crippen LogP) is 13.9. The molecule has 12 aromatic rings. The van der Waals surface area contributed by atoms with Crippen LogP contribution in [0.1, 0.15) is 0 Å². The van der Waals surface area contributed by atoms with Gasteiger partial charge in [-0.15, -0.1) is 11.3 Å². The van der Waals surface area contributed by atoms with Gasteiger partial charge in [0.1, 0.15) is 11.2 Å². The first kappa shape index (κ1) is 31.9. The van der Waals surface area contributed by atoms with Crippen LogP contribution in [0.4, 0.5) is 0 Å². The fourth-order valence-electron chi connectivity index (χ4n) is 8.41. The summed E-state index contributed by atoms with van der Waals surface area (Å²) in [7, 11) is 0. The van der Waals surface area contributed by atoms with Gasteiger partial charge in [-0.05, 0) is 59.7 Å². The summed E-state index contributed by atoms with van der Waals surface area (Å²) in [5.41, 5.74) is 10.1. The van der Waals surface area contributed by atoms with E-state index >= 15 is 0 Å². The molecule has 0 radical (unpaired) electrons. The molecule has 266 valence electrons. The van der Waals surface area contributed by atoms with Crippen molar-refractivity contribution in [1.82, 2.24) is 19.5 Å². The molecule has 0 spiro atoms. The summed E-state index contributed by atoms with van der Waals surface area (Å²) in [6, 6.07) is 63.8. The van der Waals surface area contributed by atoms with Crippen molar-refractivity contribution in [2.75, 3.05) is 0 Å². The van der Waals surface area contributed by atoms with E-state index in [1.54, 1.807) is 11.3 Å². The van der Waals surface area contributed by atoms with Crippen LogP contribution in [0.2, 0.25) is 0 Å². The third-order valence-corrected chi connectivity index (χ3v) is 12.2. The van der Waals surface area contributed by atoms with Crippen molar-refractivity contribution in [1.29, 1.82) is 0 Å². The Kier molecular flexibility index (Phi) is 7.03. The molecule has 12 rings (SSSR count). The highest BCUT2D eigenvalue weighted by Crippen LogP contribution is 2.41. The zero-order valence-corrected chi connectivity index (χ0v) is 31.2. The van der Waals surface area contributed by atoms with Gasteiger partial charge >= 0.3 is 0 Å². The lowest BCUT2D eigenvalue weighted by Crippen LogP contribution is -2.00. The molecule has 5 nitrogen and oxygen atoms in total. The second-order valence-corrected chi connectivity index (χ2v) is 15.5. The van der Waals surface area contributed by atoms with Gasteiger partial charge in [0.15, 0.2) is 17.5 Å². The Balaban J connectivity index is 1.02. The fourth-order valence-corrected chi connectivity index (χ4v) is 9.53. The van der Waals surface area contributed by atoms with Crippen molar-refractivity contribution in [3.05, 3.63) is 182 Å². The lowest BCUT2D eigenvalue weighted by molar-refractivity contribution is 0.668. The number of furan rings is 1. The van der Waals surface area contributed by atoms with Crippen molar-refractivity contribution >= 4 is 75.3 Å². The van der Waals surface area contributed by atoms with E-state index < -0.39 is 0 Å².